The van der Waals surface area contributed by atoms with Crippen LogP contribution in [0, 0.1) is 16.7 Å². The number of rotatable bonds is 5. The summed E-state index contributed by atoms with van der Waals surface area (Å²) >= 11 is 5.68. The molecule has 0 bridgehead atoms. The van der Waals surface area contributed by atoms with Gasteiger partial charge in [0.2, 0.25) is 0 Å². The Balaban J connectivity index is 4.83. The highest BCUT2D eigenvalue weighted by Crippen LogP contribution is 2.59. The van der Waals surface area contributed by atoms with Crippen molar-refractivity contribution in [2.24, 2.45) is 16.7 Å². The first-order valence-electron chi connectivity index (χ1n) is 7.38. The van der Waals surface area contributed by atoms with Crippen molar-refractivity contribution in [2.45, 2.75) is 80.3 Å². The Hall–Kier alpha value is 0.610. The molecule has 19 heavy (non-hydrogen) atoms. The first kappa shape index (κ1) is 19.6. The average molecular weight is 306 g/mol. The molecule has 0 aromatic rings. The van der Waals surface area contributed by atoms with E-state index in [1.54, 1.807) is 0 Å². The molecule has 2 unspecified atom stereocenters. The molecule has 0 saturated carbocycles. The van der Waals surface area contributed by atoms with E-state index in [1.165, 1.54) is 0 Å². The van der Waals surface area contributed by atoms with Crippen molar-refractivity contribution in [3.63, 3.8) is 0 Å². The Kier molecular flexibility index (Phi) is 6.36. The van der Waals surface area contributed by atoms with Gasteiger partial charge in [-0.1, -0.05) is 74.1 Å². The molecule has 0 spiro atoms. The highest BCUT2D eigenvalue weighted by Gasteiger charge is 2.38. The zero-order valence-electron chi connectivity index (χ0n) is 14.5. The van der Waals surface area contributed by atoms with Gasteiger partial charge in [0, 0.05) is 11.3 Å². The second kappa shape index (κ2) is 6.16. The fourth-order valence-electron chi connectivity index (χ4n) is 3.20. The van der Waals surface area contributed by atoms with Crippen LogP contribution in [-0.2, 0) is 11.8 Å². The molecule has 116 valence electrons. The molecule has 0 fully saturated rings. The molecule has 0 aliphatic carbocycles. The molecule has 0 aliphatic heterocycles. The number of hydrogen-bond acceptors (Lipinski definition) is 1. The van der Waals surface area contributed by atoms with E-state index in [4.69, 9.17) is 11.8 Å². The lowest BCUT2D eigenvalue weighted by Gasteiger charge is -2.40. The highest BCUT2D eigenvalue weighted by molar-refractivity contribution is 8.12. The van der Waals surface area contributed by atoms with Gasteiger partial charge in [-0.2, -0.15) is 0 Å². The Morgan fingerprint density at radius 3 is 1.68 bits per heavy atom. The molecular formula is C16H35OPS. The molecule has 0 aromatic heterocycles. The normalized spacial score (nSPS) is 19.1. The van der Waals surface area contributed by atoms with Crippen LogP contribution in [0.2, 0.25) is 0 Å². The predicted octanol–water partition coefficient (Wildman–Crippen LogP) is 5.66. The molecule has 0 aliphatic rings. The molecule has 0 aromatic carbocycles. The fourth-order valence-corrected chi connectivity index (χ4v) is 6.35. The van der Waals surface area contributed by atoms with E-state index < -0.39 is 6.26 Å². The van der Waals surface area contributed by atoms with Crippen LogP contribution in [0.1, 0.15) is 75.2 Å². The smallest absolute Gasteiger partial charge is 0.0692 e. The minimum Gasteiger partial charge on any atom is -0.365 e. The van der Waals surface area contributed by atoms with E-state index in [0.29, 0.717) is 11.3 Å². The van der Waals surface area contributed by atoms with Crippen molar-refractivity contribution in [1.29, 1.82) is 0 Å². The van der Waals surface area contributed by atoms with Crippen molar-refractivity contribution in [3.8, 4) is 0 Å². The van der Waals surface area contributed by atoms with Gasteiger partial charge in [-0.15, -0.1) is 0 Å². The van der Waals surface area contributed by atoms with Crippen LogP contribution in [0.4, 0.5) is 0 Å². The molecular weight excluding hydrogens is 271 g/mol. The first-order chi connectivity index (χ1) is 8.06. The Morgan fingerprint density at radius 1 is 0.947 bits per heavy atom. The minimum atomic E-state index is -2.30. The summed E-state index contributed by atoms with van der Waals surface area (Å²) in [5, 5.41) is -0.132. The quantitative estimate of drug-likeness (QED) is 0.661. The van der Waals surface area contributed by atoms with E-state index >= 15 is 0 Å². The summed E-state index contributed by atoms with van der Waals surface area (Å²) in [4.78, 5) is 10.9. The van der Waals surface area contributed by atoms with Gasteiger partial charge in [-0.25, -0.2) is 0 Å². The summed E-state index contributed by atoms with van der Waals surface area (Å²) in [7, 11) is 0. The maximum absolute atomic E-state index is 10.9. The summed E-state index contributed by atoms with van der Waals surface area (Å²) in [6.07, 6.45) is 0.612. The predicted molar refractivity (Wildman–Crippen MR) is 92.8 cm³/mol. The number of hydrogen-bond donors (Lipinski definition) is 1. The van der Waals surface area contributed by atoms with E-state index in [9.17, 15) is 4.89 Å². The molecule has 1 N–H and O–H groups in total. The zero-order valence-corrected chi connectivity index (χ0v) is 16.2. The van der Waals surface area contributed by atoms with Crippen molar-refractivity contribution in [2.75, 3.05) is 6.16 Å². The van der Waals surface area contributed by atoms with E-state index in [2.05, 4.69) is 62.3 Å². The monoisotopic (exact) mass is 306 g/mol. The van der Waals surface area contributed by atoms with Crippen LogP contribution in [0.3, 0.4) is 0 Å². The average Bonchev–Trinajstić information content (AvgIpc) is 1.91. The summed E-state index contributed by atoms with van der Waals surface area (Å²) in [6, 6.07) is 0. The summed E-state index contributed by atoms with van der Waals surface area (Å²) in [5.41, 5.74) is 0.520. The van der Waals surface area contributed by atoms with Crippen molar-refractivity contribution >= 4 is 18.1 Å². The van der Waals surface area contributed by atoms with Crippen LogP contribution in [0.5, 0.6) is 0 Å². The van der Waals surface area contributed by atoms with Crippen LogP contribution in [0.25, 0.3) is 0 Å². The lowest BCUT2D eigenvalue weighted by Crippen LogP contribution is -2.29. The summed E-state index contributed by atoms with van der Waals surface area (Å²) < 4.78 is 0. The Bertz CT molecular complexity index is 334. The Labute approximate surface area is 126 Å². The van der Waals surface area contributed by atoms with Gasteiger partial charge >= 0.3 is 0 Å². The summed E-state index contributed by atoms with van der Waals surface area (Å²) in [6.45, 7) is 20.0. The maximum Gasteiger partial charge on any atom is 0.0692 e. The fraction of sp³-hybridized carbons (Fsp3) is 1.00. The third kappa shape index (κ3) is 7.83. The lowest BCUT2D eigenvalue weighted by molar-refractivity contribution is 0.310. The van der Waals surface area contributed by atoms with Crippen LogP contribution >= 0.6 is 6.26 Å². The van der Waals surface area contributed by atoms with Gasteiger partial charge in [0.15, 0.2) is 0 Å². The molecule has 1 nitrogen and oxygen atoms in total. The SMILES string of the molecule is CC(CC(C)(C)C)CP(O)(=S)C(C)(C)CC(C)(C)C. The van der Waals surface area contributed by atoms with Gasteiger partial charge in [0.05, 0.1) is 6.26 Å². The van der Waals surface area contributed by atoms with E-state index in [0.717, 1.165) is 19.0 Å². The van der Waals surface area contributed by atoms with Gasteiger partial charge in [0.1, 0.15) is 0 Å². The van der Waals surface area contributed by atoms with Crippen LogP contribution < -0.4 is 0 Å². The van der Waals surface area contributed by atoms with Gasteiger partial charge in [-0.3, -0.25) is 0 Å². The van der Waals surface area contributed by atoms with Gasteiger partial charge < -0.3 is 4.89 Å². The molecule has 0 rings (SSSR count). The molecule has 0 saturated heterocycles. The lowest BCUT2D eigenvalue weighted by atomic mass is 9.85. The molecule has 0 amide bonds. The van der Waals surface area contributed by atoms with Crippen molar-refractivity contribution in [1.82, 2.24) is 0 Å². The van der Waals surface area contributed by atoms with Gasteiger partial charge in [-0.05, 0) is 29.6 Å². The minimum absolute atomic E-state index is 0.132. The zero-order chi connectivity index (χ0) is 15.7. The second-order valence-corrected chi connectivity index (χ2v) is 14.1. The first-order valence-corrected chi connectivity index (χ1v) is 10.3. The third-order valence-corrected chi connectivity index (χ3v) is 8.53. The third-order valence-electron chi connectivity index (χ3n) is 3.43. The van der Waals surface area contributed by atoms with Crippen molar-refractivity contribution < 1.29 is 4.89 Å². The Morgan fingerprint density at radius 2 is 1.37 bits per heavy atom. The maximum atomic E-state index is 10.9. The standard InChI is InChI=1S/C16H35OPS/c1-13(10-14(2,3)4)11-18(17,19)16(8,9)12-15(5,6)7/h13H,10-12H2,1-9H3,(H,17,19). The largest absolute Gasteiger partial charge is 0.365 e. The topological polar surface area (TPSA) is 20.2 Å². The van der Waals surface area contributed by atoms with Crippen molar-refractivity contribution in [3.05, 3.63) is 0 Å². The summed E-state index contributed by atoms with van der Waals surface area (Å²) in [5.74, 6) is 0.495. The second-order valence-electron chi connectivity index (χ2n) is 9.30. The highest BCUT2D eigenvalue weighted by atomic mass is 32.4. The molecule has 0 radical (unpaired) electrons. The van der Waals surface area contributed by atoms with Crippen LogP contribution in [-0.4, -0.2) is 16.2 Å². The van der Waals surface area contributed by atoms with E-state index in [-0.39, 0.29) is 10.6 Å². The van der Waals surface area contributed by atoms with Gasteiger partial charge in [0.25, 0.3) is 0 Å². The molecule has 0 heterocycles. The van der Waals surface area contributed by atoms with E-state index in [1.807, 2.05) is 0 Å². The van der Waals surface area contributed by atoms with Crippen LogP contribution in [0.15, 0.2) is 0 Å². The molecule has 3 heteroatoms. The molecule has 2 atom stereocenters.